The van der Waals surface area contributed by atoms with Crippen molar-refractivity contribution < 1.29 is 4.42 Å². The molecule has 4 aromatic heterocycles. The van der Waals surface area contributed by atoms with Crippen LogP contribution < -0.4 is 0 Å². The zero-order chi connectivity index (χ0) is 29.9. The topological polar surface area (TPSA) is 18.1 Å². The number of para-hydroxylation sites is 1. The fraction of sp³-hybridized carbons (Fsp3) is 0. The fourth-order valence-corrected chi connectivity index (χ4v) is 9.97. The van der Waals surface area contributed by atoms with Gasteiger partial charge in [0, 0.05) is 68.9 Å². The van der Waals surface area contributed by atoms with E-state index >= 15 is 0 Å². The summed E-state index contributed by atoms with van der Waals surface area (Å²) in [4.78, 5) is 0. The minimum Gasteiger partial charge on any atom is -0.456 e. The molecule has 0 aliphatic carbocycles. The maximum Gasteiger partial charge on any atom is 0.137 e. The minimum absolute atomic E-state index is 0.900. The van der Waals surface area contributed by atoms with Gasteiger partial charge in [0.25, 0.3) is 0 Å². The van der Waals surface area contributed by atoms with Gasteiger partial charge in [-0.1, -0.05) is 91.0 Å². The van der Waals surface area contributed by atoms with Crippen molar-refractivity contribution in [3.63, 3.8) is 0 Å². The van der Waals surface area contributed by atoms with Crippen molar-refractivity contribution in [3.05, 3.63) is 140 Å². The third kappa shape index (κ3) is 3.30. The van der Waals surface area contributed by atoms with Gasteiger partial charge >= 0.3 is 0 Å². The van der Waals surface area contributed by atoms with Crippen molar-refractivity contribution in [1.29, 1.82) is 0 Å². The van der Waals surface area contributed by atoms with Gasteiger partial charge in [0.15, 0.2) is 0 Å². The van der Waals surface area contributed by atoms with Crippen LogP contribution in [-0.2, 0) is 0 Å². The average Bonchev–Trinajstić information content (AvgIpc) is 3.86. The summed E-state index contributed by atoms with van der Waals surface area (Å²) in [6.45, 7) is 0. The first-order valence-corrected chi connectivity index (χ1v) is 17.1. The van der Waals surface area contributed by atoms with Crippen LogP contribution >= 0.6 is 22.7 Å². The summed E-state index contributed by atoms with van der Waals surface area (Å²) in [6.07, 6.45) is 0. The third-order valence-corrected chi connectivity index (χ3v) is 11.9. The molecule has 0 bridgehead atoms. The molecule has 7 aromatic carbocycles. The standard InChI is InChI=1S/C42H23NOS2/c1-4-12-34-27(8-1)31-20-21-32-29-10-3-6-15-38(29)46-42(32)41(31)43(34)25-17-19-33-36(23-25)44-35-13-7-11-26(40(33)35)24-16-18-30-28-9-2-5-14-37(28)45-39(30)22-24/h1-23H. The van der Waals surface area contributed by atoms with E-state index in [1.165, 1.54) is 78.7 Å². The summed E-state index contributed by atoms with van der Waals surface area (Å²) in [7, 11) is 0. The van der Waals surface area contributed by atoms with Crippen molar-refractivity contribution >= 4 is 107 Å². The van der Waals surface area contributed by atoms with E-state index in [9.17, 15) is 0 Å². The van der Waals surface area contributed by atoms with E-state index in [-0.39, 0.29) is 0 Å². The molecule has 46 heavy (non-hydrogen) atoms. The highest BCUT2D eigenvalue weighted by molar-refractivity contribution is 7.26. The summed E-state index contributed by atoms with van der Waals surface area (Å²) in [6, 6.07) is 50.8. The molecule has 214 valence electrons. The van der Waals surface area contributed by atoms with E-state index in [1.807, 2.05) is 22.7 Å². The molecule has 0 unspecified atom stereocenters. The van der Waals surface area contributed by atoms with E-state index in [0.717, 1.165) is 22.2 Å². The molecule has 0 N–H and O–H groups in total. The van der Waals surface area contributed by atoms with Crippen molar-refractivity contribution in [2.24, 2.45) is 0 Å². The van der Waals surface area contributed by atoms with E-state index in [4.69, 9.17) is 4.42 Å². The molecule has 0 radical (unpaired) electrons. The second-order valence-corrected chi connectivity index (χ2v) is 14.2. The number of furan rings is 1. The van der Waals surface area contributed by atoms with Crippen LogP contribution in [0, 0.1) is 0 Å². The van der Waals surface area contributed by atoms with Crippen LogP contribution in [0.15, 0.2) is 144 Å². The predicted octanol–water partition coefficient (Wildman–Crippen LogP) is 13.1. The normalized spacial score (nSPS) is 12.3. The summed E-state index contributed by atoms with van der Waals surface area (Å²) in [5, 5.41) is 10.1. The van der Waals surface area contributed by atoms with Gasteiger partial charge in [-0.3, -0.25) is 0 Å². The quantitative estimate of drug-likeness (QED) is 0.188. The van der Waals surface area contributed by atoms with Crippen LogP contribution in [0.2, 0.25) is 0 Å². The van der Waals surface area contributed by atoms with Crippen LogP contribution in [0.25, 0.3) is 101 Å². The summed E-state index contributed by atoms with van der Waals surface area (Å²) >= 11 is 3.74. The van der Waals surface area contributed by atoms with Crippen molar-refractivity contribution in [2.45, 2.75) is 0 Å². The van der Waals surface area contributed by atoms with Crippen molar-refractivity contribution in [1.82, 2.24) is 4.57 Å². The highest BCUT2D eigenvalue weighted by Crippen LogP contribution is 2.44. The average molecular weight is 622 g/mol. The number of benzene rings is 7. The molecule has 0 fully saturated rings. The molecule has 0 amide bonds. The van der Waals surface area contributed by atoms with Gasteiger partial charge in [0.2, 0.25) is 0 Å². The Kier molecular flexibility index (Phi) is 4.90. The van der Waals surface area contributed by atoms with Gasteiger partial charge in [-0.05, 0) is 53.6 Å². The Morgan fingerprint density at radius 1 is 0.457 bits per heavy atom. The van der Waals surface area contributed by atoms with Crippen molar-refractivity contribution in [2.75, 3.05) is 0 Å². The van der Waals surface area contributed by atoms with E-state index in [2.05, 4.69) is 144 Å². The van der Waals surface area contributed by atoms with Crippen LogP contribution in [0.1, 0.15) is 0 Å². The van der Waals surface area contributed by atoms with Crippen LogP contribution in [0.5, 0.6) is 0 Å². The molecule has 0 atom stereocenters. The molecular formula is C42H23NOS2. The Morgan fingerprint density at radius 2 is 1.15 bits per heavy atom. The molecule has 2 nitrogen and oxygen atoms in total. The minimum atomic E-state index is 0.900. The lowest BCUT2D eigenvalue weighted by atomic mass is 9.98. The first kappa shape index (κ1) is 24.8. The van der Waals surface area contributed by atoms with Crippen molar-refractivity contribution in [3.8, 4) is 16.8 Å². The molecular weight excluding hydrogens is 599 g/mol. The Labute approximate surface area is 270 Å². The molecule has 0 aliphatic heterocycles. The van der Waals surface area contributed by atoms with E-state index < -0.39 is 0 Å². The Morgan fingerprint density at radius 3 is 2.04 bits per heavy atom. The summed E-state index contributed by atoms with van der Waals surface area (Å²) in [5.74, 6) is 0. The van der Waals surface area contributed by atoms with Gasteiger partial charge in [-0.2, -0.15) is 0 Å². The largest absolute Gasteiger partial charge is 0.456 e. The second kappa shape index (κ2) is 9.07. The molecule has 0 aliphatic rings. The number of hydrogen-bond donors (Lipinski definition) is 0. The Bertz CT molecular complexity index is 3040. The maximum atomic E-state index is 6.64. The smallest absolute Gasteiger partial charge is 0.137 e. The SMILES string of the molecule is c1cc(-c2ccc3c(c2)sc2ccccc23)c2c(c1)oc1cc(-n3c4ccccc4c4ccc5c6ccccc6sc5c43)ccc12. The highest BCUT2D eigenvalue weighted by atomic mass is 32.1. The monoisotopic (exact) mass is 621 g/mol. The highest BCUT2D eigenvalue weighted by Gasteiger charge is 2.19. The lowest BCUT2D eigenvalue weighted by Gasteiger charge is -2.09. The molecule has 11 rings (SSSR count). The molecule has 4 heteroatoms. The lowest BCUT2D eigenvalue weighted by Crippen LogP contribution is -1.93. The molecule has 0 saturated heterocycles. The van der Waals surface area contributed by atoms with Gasteiger partial charge in [0.1, 0.15) is 11.2 Å². The van der Waals surface area contributed by atoms with Gasteiger partial charge in [-0.25, -0.2) is 0 Å². The van der Waals surface area contributed by atoms with Crippen LogP contribution in [-0.4, -0.2) is 4.57 Å². The number of rotatable bonds is 2. The van der Waals surface area contributed by atoms with Crippen LogP contribution in [0.4, 0.5) is 0 Å². The first-order chi connectivity index (χ1) is 22.8. The van der Waals surface area contributed by atoms with Gasteiger partial charge in [-0.15, -0.1) is 22.7 Å². The molecule has 0 spiro atoms. The Balaban J connectivity index is 1.16. The number of fused-ring (bicyclic) bond motifs is 13. The van der Waals surface area contributed by atoms with E-state index in [1.54, 1.807) is 0 Å². The third-order valence-electron chi connectivity index (χ3n) is 9.61. The number of hydrogen-bond acceptors (Lipinski definition) is 3. The number of thiophene rings is 2. The zero-order valence-corrected chi connectivity index (χ0v) is 26.1. The predicted molar refractivity (Wildman–Crippen MR) is 199 cm³/mol. The molecule has 0 saturated carbocycles. The lowest BCUT2D eigenvalue weighted by molar-refractivity contribution is 0.668. The molecule has 4 heterocycles. The first-order valence-electron chi connectivity index (χ1n) is 15.5. The molecule has 11 aromatic rings. The summed E-state index contributed by atoms with van der Waals surface area (Å²) < 4.78 is 14.3. The zero-order valence-electron chi connectivity index (χ0n) is 24.5. The maximum absolute atomic E-state index is 6.64. The Hall–Kier alpha value is -5.42. The van der Waals surface area contributed by atoms with Gasteiger partial charge < -0.3 is 8.98 Å². The van der Waals surface area contributed by atoms with Crippen LogP contribution in [0.3, 0.4) is 0 Å². The summed E-state index contributed by atoms with van der Waals surface area (Å²) in [5.41, 5.74) is 7.80. The second-order valence-electron chi connectivity index (χ2n) is 12.1. The van der Waals surface area contributed by atoms with E-state index in [0.29, 0.717) is 0 Å². The fourth-order valence-electron chi connectivity index (χ4n) is 7.59. The van der Waals surface area contributed by atoms with Gasteiger partial charge in [0.05, 0.1) is 15.7 Å². The number of nitrogens with zero attached hydrogens (tertiary/aromatic N) is 1. The number of aromatic nitrogens is 1.